The average Bonchev–Trinajstić information content (AvgIpc) is 2.77. The molecule has 0 fully saturated rings. The normalized spacial score (nSPS) is 14.5. The predicted molar refractivity (Wildman–Crippen MR) is 123 cm³/mol. The van der Waals surface area contributed by atoms with Gasteiger partial charge in [0.25, 0.3) is 5.69 Å². The van der Waals surface area contributed by atoms with Crippen molar-refractivity contribution >= 4 is 27.0 Å². The lowest BCUT2D eigenvalue weighted by Crippen LogP contribution is -2.29. The van der Waals surface area contributed by atoms with Crippen molar-refractivity contribution in [3.8, 4) is 0 Å². The summed E-state index contributed by atoms with van der Waals surface area (Å²) in [4.78, 5) is 14.8. The van der Waals surface area contributed by atoms with Gasteiger partial charge < -0.3 is 9.80 Å². The third kappa shape index (κ3) is 5.90. The number of halogens is 1. The lowest BCUT2D eigenvalue weighted by atomic mass is 9.99. The summed E-state index contributed by atoms with van der Waals surface area (Å²) in [5.41, 5.74) is 2.09. The number of benzene rings is 2. The van der Waals surface area contributed by atoms with Crippen LogP contribution in [0.15, 0.2) is 53.4 Å². The van der Waals surface area contributed by atoms with E-state index in [9.17, 15) is 22.9 Å². The van der Waals surface area contributed by atoms with Gasteiger partial charge in [0.1, 0.15) is 11.5 Å². The van der Waals surface area contributed by atoms with Crippen LogP contribution in [-0.2, 0) is 10.0 Å². The Hall–Kier alpha value is -2.82. The van der Waals surface area contributed by atoms with Crippen molar-refractivity contribution in [3.05, 3.63) is 70.0 Å². The zero-order chi connectivity index (χ0) is 23.3. The van der Waals surface area contributed by atoms with Crippen LogP contribution in [-0.4, -0.2) is 58.5 Å². The van der Waals surface area contributed by atoms with Gasteiger partial charge in [-0.05, 0) is 68.9 Å². The molecule has 1 heterocycles. The van der Waals surface area contributed by atoms with Crippen molar-refractivity contribution in [1.82, 2.24) is 9.62 Å². The zero-order valence-electron chi connectivity index (χ0n) is 18.1. The molecule has 3 rings (SSSR count). The van der Waals surface area contributed by atoms with Crippen LogP contribution in [0.5, 0.6) is 0 Å². The number of nitrogens with one attached hydrogen (secondary N) is 1. The topological polar surface area (TPSA) is 95.8 Å². The zero-order valence-corrected chi connectivity index (χ0v) is 18.9. The summed E-state index contributed by atoms with van der Waals surface area (Å²) in [6.45, 7) is 1.94. The van der Waals surface area contributed by atoms with Crippen molar-refractivity contribution in [2.45, 2.75) is 17.7 Å². The molecule has 0 amide bonds. The minimum absolute atomic E-state index is 0.127. The fraction of sp³-hybridized carbons (Fsp3) is 0.364. The molecule has 0 radical (unpaired) electrons. The molecule has 0 saturated carbocycles. The number of rotatable bonds is 9. The van der Waals surface area contributed by atoms with Gasteiger partial charge in [-0.3, -0.25) is 10.1 Å². The number of nitrogens with zero attached hydrogens (tertiary/aromatic N) is 3. The molecular weight excluding hydrogens is 435 g/mol. The summed E-state index contributed by atoms with van der Waals surface area (Å²) >= 11 is 0. The van der Waals surface area contributed by atoms with Gasteiger partial charge in [0, 0.05) is 25.7 Å². The molecular formula is C22H27FN4O4S. The second-order valence-corrected chi connectivity index (χ2v) is 9.66. The van der Waals surface area contributed by atoms with Crippen molar-refractivity contribution in [2.24, 2.45) is 0 Å². The van der Waals surface area contributed by atoms with Crippen LogP contribution in [0.4, 0.5) is 15.8 Å². The fourth-order valence-electron chi connectivity index (χ4n) is 3.58. The van der Waals surface area contributed by atoms with Crippen LogP contribution >= 0.6 is 0 Å². The number of sulfonamides is 1. The van der Waals surface area contributed by atoms with Gasteiger partial charge in [0.2, 0.25) is 10.0 Å². The van der Waals surface area contributed by atoms with Gasteiger partial charge in [0.15, 0.2) is 0 Å². The van der Waals surface area contributed by atoms with Gasteiger partial charge in [-0.25, -0.2) is 17.5 Å². The van der Waals surface area contributed by atoms with Gasteiger partial charge in [-0.1, -0.05) is 18.2 Å². The van der Waals surface area contributed by atoms with Crippen molar-refractivity contribution < 1.29 is 17.7 Å². The molecule has 0 saturated heterocycles. The SMILES string of the molecule is CN(C)CCCNS(=O)(=O)c1ccc(N2CC=C(c3ccc(F)cc3)CC2)c([N+](=O)[O-])c1. The van der Waals surface area contributed by atoms with Crippen LogP contribution in [0.25, 0.3) is 5.57 Å². The average molecular weight is 463 g/mol. The van der Waals surface area contributed by atoms with E-state index in [-0.39, 0.29) is 22.9 Å². The molecule has 1 aliphatic heterocycles. The van der Waals surface area contributed by atoms with Crippen molar-refractivity contribution in [3.63, 3.8) is 0 Å². The molecule has 2 aromatic rings. The van der Waals surface area contributed by atoms with Gasteiger partial charge >= 0.3 is 0 Å². The molecule has 32 heavy (non-hydrogen) atoms. The minimum Gasteiger partial charge on any atom is -0.362 e. The van der Waals surface area contributed by atoms with E-state index in [1.165, 1.54) is 24.3 Å². The summed E-state index contributed by atoms with van der Waals surface area (Å²) in [5.74, 6) is -0.301. The molecule has 1 N–H and O–H groups in total. The lowest BCUT2D eigenvalue weighted by Gasteiger charge is -2.28. The molecule has 10 heteroatoms. The maximum atomic E-state index is 13.2. The lowest BCUT2D eigenvalue weighted by molar-refractivity contribution is -0.384. The van der Waals surface area contributed by atoms with Gasteiger partial charge in [-0.15, -0.1) is 0 Å². The Kier molecular flexibility index (Phi) is 7.60. The van der Waals surface area contributed by atoms with E-state index in [2.05, 4.69) is 4.72 Å². The highest BCUT2D eigenvalue weighted by molar-refractivity contribution is 7.89. The number of nitro groups is 1. The van der Waals surface area contributed by atoms with E-state index in [1.54, 1.807) is 12.1 Å². The molecule has 0 atom stereocenters. The molecule has 0 spiro atoms. The van der Waals surface area contributed by atoms with Crippen LogP contribution in [0, 0.1) is 15.9 Å². The number of nitro benzene ring substituents is 1. The number of hydrogen-bond acceptors (Lipinski definition) is 6. The van der Waals surface area contributed by atoms with Crippen LogP contribution in [0.1, 0.15) is 18.4 Å². The largest absolute Gasteiger partial charge is 0.362 e. The molecule has 1 aliphatic rings. The van der Waals surface area contributed by atoms with E-state index in [0.717, 1.165) is 23.7 Å². The summed E-state index contributed by atoms with van der Waals surface area (Å²) < 4.78 is 40.8. The Balaban J connectivity index is 1.77. The monoisotopic (exact) mass is 462 g/mol. The second-order valence-electron chi connectivity index (χ2n) is 7.89. The Morgan fingerprint density at radius 2 is 1.91 bits per heavy atom. The molecule has 8 nitrogen and oxygen atoms in total. The van der Waals surface area contributed by atoms with Gasteiger partial charge in [0.05, 0.1) is 9.82 Å². The Bertz CT molecular complexity index is 1100. The third-order valence-corrected chi connectivity index (χ3v) is 6.75. The van der Waals surface area contributed by atoms with Gasteiger partial charge in [-0.2, -0.15) is 0 Å². The highest BCUT2D eigenvalue weighted by atomic mass is 32.2. The quantitative estimate of drug-likeness (QED) is 0.349. The first-order valence-electron chi connectivity index (χ1n) is 10.3. The van der Waals surface area contributed by atoms with E-state index < -0.39 is 14.9 Å². The highest BCUT2D eigenvalue weighted by Crippen LogP contribution is 2.33. The number of anilines is 1. The second kappa shape index (κ2) is 10.2. The summed E-state index contributed by atoms with van der Waals surface area (Å²) in [6.07, 6.45) is 3.22. The predicted octanol–water partition coefficient (Wildman–Crippen LogP) is 3.26. The first-order chi connectivity index (χ1) is 15.2. The number of hydrogen-bond donors (Lipinski definition) is 1. The first kappa shape index (κ1) is 23.8. The molecule has 0 bridgehead atoms. The Morgan fingerprint density at radius 1 is 1.19 bits per heavy atom. The standard InChI is InChI=1S/C22H27FN4O4S/c1-25(2)13-3-12-24-32(30,31)20-8-9-21(22(16-20)27(28)29)26-14-10-18(11-15-26)17-4-6-19(23)7-5-17/h4-10,16,24H,3,11-15H2,1-2H3. The van der Waals surface area contributed by atoms with Crippen LogP contribution in [0.2, 0.25) is 0 Å². The van der Waals surface area contributed by atoms with Crippen molar-refractivity contribution in [2.75, 3.05) is 45.2 Å². The molecule has 0 aliphatic carbocycles. The summed E-state index contributed by atoms with van der Waals surface area (Å²) in [6, 6.07) is 10.2. The minimum atomic E-state index is -3.84. The molecule has 2 aromatic carbocycles. The smallest absolute Gasteiger partial charge is 0.293 e. The van der Waals surface area contributed by atoms with Crippen LogP contribution < -0.4 is 9.62 Å². The first-order valence-corrected chi connectivity index (χ1v) is 11.8. The fourth-order valence-corrected chi connectivity index (χ4v) is 4.68. The van der Waals surface area contributed by atoms with E-state index >= 15 is 0 Å². The van der Waals surface area contributed by atoms with Crippen LogP contribution in [0.3, 0.4) is 0 Å². The molecule has 0 aromatic heterocycles. The van der Waals surface area contributed by atoms with E-state index in [1.807, 2.05) is 30.0 Å². The maximum absolute atomic E-state index is 13.2. The highest BCUT2D eigenvalue weighted by Gasteiger charge is 2.25. The maximum Gasteiger partial charge on any atom is 0.293 e. The summed E-state index contributed by atoms with van der Waals surface area (Å²) in [5, 5.41) is 11.7. The Morgan fingerprint density at radius 3 is 2.50 bits per heavy atom. The molecule has 172 valence electrons. The van der Waals surface area contributed by atoms with Crippen molar-refractivity contribution in [1.29, 1.82) is 0 Å². The third-order valence-electron chi connectivity index (χ3n) is 5.29. The van der Waals surface area contributed by atoms with E-state index in [0.29, 0.717) is 31.6 Å². The van der Waals surface area contributed by atoms with E-state index in [4.69, 9.17) is 0 Å². The Labute approximate surface area is 187 Å². The summed E-state index contributed by atoms with van der Waals surface area (Å²) in [7, 11) is -0.0485. The molecule has 0 unspecified atom stereocenters.